The Kier molecular flexibility index (Phi) is 2.82. The van der Waals surface area contributed by atoms with E-state index in [4.69, 9.17) is 10.7 Å². The fraction of sp³-hybridized carbons (Fsp3) is 0.235. The largest absolute Gasteiger partial charge is 0.399 e. The molecule has 1 aromatic heterocycles. The SMILES string of the molecule is Cc1ccc(-n2c(C3CC3)nc3cc(N)ccc32)cc1Br. The summed E-state index contributed by atoms with van der Waals surface area (Å²) < 4.78 is 3.40. The lowest BCUT2D eigenvalue weighted by atomic mass is 10.2. The van der Waals surface area contributed by atoms with Gasteiger partial charge in [-0.1, -0.05) is 22.0 Å². The van der Waals surface area contributed by atoms with Crippen molar-refractivity contribution in [1.82, 2.24) is 9.55 Å². The van der Waals surface area contributed by atoms with Gasteiger partial charge in [-0.3, -0.25) is 4.57 Å². The summed E-state index contributed by atoms with van der Waals surface area (Å²) in [6.45, 7) is 2.10. The second-order valence-electron chi connectivity index (χ2n) is 5.76. The first-order chi connectivity index (χ1) is 10.1. The van der Waals surface area contributed by atoms with Gasteiger partial charge in [-0.2, -0.15) is 0 Å². The van der Waals surface area contributed by atoms with E-state index < -0.39 is 0 Å². The van der Waals surface area contributed by atoms with Crippen molar-refractivity contribution in [3.63, 3.8) is 0 Å². The molecule has 4 heteroatoms. The number of imidazole rings is 1. The molecule has 0 unspecified atom stereocenters. The number of benzene rings is 2. The third kappa shape index (κ3) is 2.14. The fourth-order valence-corrected chi connectivity index (χ4v) is 3.09. The second kappa shape index (κ2) is 4.60. The van der Waals surface area contributed by atoms with Crippen molar-refractivity contribution in [3.8, 4) is 5.69 Å². The van der Waals surface area contributed by atoms with Crippen LogP contribution in [0.2, 0.25) is 0 Å². The van der Waals surface area contributed by atoms with Gasteiger partial charge in [0, 0.05) is 21.8 Å². The van der Waals surface area contributed by atoms with E-state index >= 15 is 0 Å². The Balaban J connectivity index is 2.01. The molecule has 1 heterocycles. The fourth-order valence-electron chi connectivity index (χ4n) is 2.72. The zero-order valence-corrected chi connectivity index (χ0v) is 13.4. The van der Waals surface area contributed by atoms with E-state index in [-0.39, 0.29) is 0 Å². The van der Waals surface area contributed by atoms with Gasteiger partial charge in [0.25, 0.3) is 0 Å². The molecular weight excluding hydrogens is 326 g/mol. The van der Waals surface area contributed by atoms with Gasteiger partial charge in [-0.15, -0.1) is 0 Å². The van der Waals surface area contributed by atoms with Crippen LogP contribution in [0.25, 0.3) is 16.7 Å². The van der Waals surface area contributed by atoms with Crippen molar-refractivity contribution in [1.29, 1.82) is 0 Å². The smallest absolute Gasteiger partial charge is 0.117 e. The first kappa shape index (κ1) is 12.9. The summed E-state index contributed by atoms with van der Waals surface area (Å²) >= 11 is 3.63. The number of hydrogen-bond donors (Lipinski definition) is 1. The summed E-state index contributed by atoms with van der Waals surface area (Å²) in [5.41, 5.74) is 11.2. The van der Waals surface area contributed by atoms with Crippen LogP contribution in [0.1, 0.15) is 30.1 Å². The predicted molar refractivity (Wildman–Crippen MR) is 89.9 cm³/mol. The van der Waals surface area contributed by atoms with Crippen molar-refractivity contribution in [3.05, 3.63) is 52.3 Å². The van der Waals surface area contributed by atoms with Crippen LogP contribution in [0.5, 0.6) is 0 Å². The standard InChI is InChI=1S/C17H16BrN3/c1-10-2-6-13(9-14(10)18)21-16-7-5-12(19)8-15(16)20-17(21)11-3-4-11/h2,5-9,11H,3-4,19H2,1H3. The number of aromatic nitrogens is 2. The lowest BCUT2D eigenvalue weighted by Crippen LogP contribution is -2.00. The lowest BCUT2D eigenvalue weighted by molar-refractivity contribution is 0.895. The maximum Gasteiger partial charge on any atom is 0.117 e. The molecule has 0 aliphatic heterocycles. The molecule has 3 aromatic rings. The third-order valence-electron chi connectivity index (χ3n) is 4.06. The van der Waals surface area contributed by atoms with E-state index in [1.807, 2.05) is 12.1 Å². The van der Waals surface area contributed by atoms with Crippen molar-refractivity contribution in [2.75, 3.05) is 5.73 Å². The van der Waals surface area contributed by atoms with E-state index in [1.54, 1.807) is 0 Å². The van der Waals surface area contributed by atoms with E-state index in [2.05, 4.69) is 51.7 Å². The summed E-state index contributed by atoms with van der Waals surface area (Å²) in [7, 11) is 0. The summed E-state index contributed by atoms with van der Waals surface area (Å²) in [5, 5.41) is 0. The van der Waals surface area contributed by atoms with Gasteiger partial charge < -0.3 is 5.73 Å². The van der Waals surface area contributed by atoms with Crippen LogP contribution in [0, 0.1) is 6.92 Å². The zero-order chi connectivity index (χ0) is 14.6. The van der Waals surface area contributed by atoms with Crippen LogP contribution in [0.15, 0.2) is 40.9 Å². The first-order valence-electron chi connectivity index (χ1n) is 7.18. The second-order valence-corrected chi connectivity index (χ2v) is 6.62. The van der Waals surface area contributed by atoms with Gasteiger partial charge in [0.05, 0.1) is 11.0 Å². The van der Waals surface area contributed by atoms with Crippen molar-refractivity contribution in [2.24, 2.45) is 0 Å². The molecule has 0 amide bonds. The van der Waals surface area contributed by atoms with E-state index in [9.17, 15) is 0 Å². The molecule has 21 heavy (non-hydrogen) atoms. The number of aryl methyl sites for hydroxylation is 1. The van der Waals surface area contributed by atoms with Crippen molar-refractivity contribution in [2.45, 2.75) is 25.7 Å². The Morgan fingerprint density at radius 1 is 1.19 bits per heavy atom. The van der Waals surface area contributed by atoms with E-state index in [1.165, 1.54) is 18.4 Å². The van der Waals surface area contributed by atoms with Gasteiger partial charge in [-0.05, 0) is 55.7 Å². The highest BCUT2D eigenvalue weighted by molar-refractivity contribution is 9.10. The Morgan fingerprint density at radius 2 is 2.00 bits per heavy atom. The predicted octanol–water partition coefficient (Wildman–Crippen LogP) is 4.56. The normalized spacial score (nSPS) is 14.8. The number of halogens is 1. The molecule has 1 saturated carbocycles. The van der Waals surface area contributed by atoms with Crippen LogP contribution in [0.3, 0.4) is 0 Å². The molecule has 4 rings (SSSR count). The maximum absolute atomic E-state index is 5.90. The Hall–Kier alpha value is -1.81. The number of nitrogens with zero attached hydrogens (tertiary/aromatic N) is 2. The molecule has 1 aliphatic carbocycles. The first-order valence-corrected chi connectivity index (χ1v) is 7.97. The summed E-state index contributed by atoms with van der Waals surface area (Å²) in [6, 6.07) is 12.4. The number of rotatable bonds is 2. The number of nitrogen functional groups attached to an aromatic ring is 1. The Labute approximate surface area is 131 Å². The van der Waals surface area contributed by atoms with Crippen LogP contribution in [-0.2, 0) is 0 Å². The summed E-state index contributed by atoms with van der Waals surface area (Å²) in [6.07, 6.45) is 2.46. The summed E-state index contributed by atoms with van der Waals surface area (Å²) in [4.78, 5) is 4.83. The maximum atomic E-state index is 5.90. The number of nitrogens with two attached hydrogens (primary N) is 1. The van der Waals surface area contributed by atoms with Gasteiger partial charge in [0.2, 0.25) is 0 Å². The molecule has 1 aliphatic rings. The average Bonchev–Trinajstić information content (AvgIpc) is 3.23. The van der Waals surface area contributed by atoms with Crippen LogP contribution in [0.4, 0.5) is 5.69 Å². The van der Waals surface area contributed by atoms with E-state index in [0.29, 0.717) is 5.92 Å². The minimum absolute atomic E-state index is 0.582. The Bertz CT molecular complexity index is 847. The monoisotopic (exact) mass is 341 g/mol. The minimum Gasteiger partial charge on any atom is -0.399 e. The highest BCUT2D eigenvalue weighted by Gasteiger charge is 2.30. The molecule has 0 bridgehead atoms. The molecule has 0 atom stereocenters. The van der Waals surface area contributed by atoms with Gasteiger partial charge in [-0.25, -0.2) is 4.98 Å². The molecule has 1 fully saturated rings. The molecule has 0 spiro atoms. The quantitative estimate of drug-likeness (QED) is 0.694. The van der Waals surface area contributed by atoms with Crippen molar-refractivity contribution >= 4 is 32.7 Å². The highest BCUT2D eigenvalue weighted by Crippen LogP contribution is 2.42. The average molecular weight is 342 g/mol. The number of anilines is 1. The van der Waals surface area contributed by atoms with Crippen molar-refractivity contribution < 1.29 is 0 Å². The molecule has 0 saturated heterocycles. The lowest BCUT2D eigenvalue weighted by Gasteiger charge is -2.10. The molecule has 106 valence electrons. The topological polar surface area (TPSA) is 43.8 Å². The van der Waals surface area contributed by atoms with Gasteiger partial charge in [0.15, 0.2) is 0 Å². The molecule has 2 aromatic carbocycles. The minimum atomic E-state index is 0.582. The molecule has 0 radical (unpaired) electrons. The molecule has 3 nitrogen and oxygen atoms in total. The van der Waals surface area contributed by atoms with Crippen LogP contribution >= 0.6 is 15.9 Å². The van der Waals surface area contributed by atoms with Crippen LogP contribution in [-0.4, -0.2) is 9.55 Å². The number of hydrogen-bond acceptors (Lipinski definition) is 2. The van der Waals surface area contributed by atoms with E-state index in [0.717, 1.165) is 32.7 Å². The number of fused-ring (bicyclic) bond motifs is 1. The molecular formula is C17H16BrN3. The molecule has 2 N–H and O–H groups in total. The summed E-state index contributed by atoms with van der Waals surface area (Å²) in [5.74, 6) is 1.74. The zero-order valence-electron chi connectivity index (χ0n) is 11.8. The van der Waals surface area contributed by atoms with Gasteiger partial charge >= 0.3 is 0 Å². The van der Waals surface area contributed by atoms with Gasteiger partial charge in [0.1, 0.15) is 5.82 Å². The third-order valence-corrected chi connectivity index (χ3v) is 4.91. The Morgan fingerprint density at radius 3 is 2.71 bits per heavy atom. The van der Waals surface area contributed by atoms with Crippen LogP contribution < -0.4 is 5.73 Å². The highest BCUT2D eigenvalue weighted by atomic mass is 79.9.